The Morgan fingerprint density at radius 2 is 2.42 bits per heavy atom. The lowest BCUT2D eigenvalue weighted by Gasteiger charge is -2.25. The van der Waals surface area contributed by atoms with Crippen LogP contribution in [-0.4, -0.2) is 35.6 Å². The molecule has 0 spiro atoms. The van der Waals surface area contributed by atoms with Crippen molar-refractivity contribution in [3.05, 3.63) is 29.0 Å². The summed E-state index contributed by atoms with van der Waals surface area (Å²) in [7, 11) is 0. The zero-order valence-corrected chi connectivity index (χ0v) is 12.5. The van der Waals surface area contributed by atoms with E-state index in [9.17, 15) is 0 Å². The molecule has 1 fully saturated rings. The van der Waals surface area contributed by atoms with E-state index in [4.69, 9.17) is 11.6 Å². The van der Waals surface area contributed by atoms with Crippen molar-refractivity contribution in [3.63, 3.8) is 0 Å². The van der Waals surface area contributed by atoms with E-state index in [1.807, 2.05) is 12.1 Å². The highest BCUT2D eigenvalue weighted by molar-refractivity contribution is 6.30. The Kier molecular flexibility index (Phi) is 6.08. The van der Waals surface area contributed by atoms with Crippen LogP contribution < -0.4 is 5.32 Å². The van der Waals surface area contributed by atoms with Gasteiger partial charge in [-0.3, -0.25) is 9.88 Å². The van der Waals surface area contributed by atoms with Crippen molar-refractivity contribution in [2.75, 3.05) is 19.6 Å². The van der Waals surface area contributed by atoms with Crippen LogP contribution in [0, 0.1) is 0 Å². The van der Waals surface area contributed by atoms with Gasteiger partial charge in [-0.1, -0.05) is 24.9 Å². The minimum atomic E-state index is 0.649. The largest absolute Gasteiger partial charge is 0.313 e. The first-order chi connectivity index (χ1) is 9.28. The fraction of sp³-hybridized carbons (Fsp3) is 0.667. The van der Waals surface area contributed by atoms with Gasteiger partial charge < -0.3 is 5.32 Å². The Morgan fingerprint density at radius 3 is 3.11 bits per heavy atom. The highest BCUT2D eigenvalue weighted by Gasteiger charge is 2.18. The van der Waals surface area contributed by atoms with Crippen molar-refractivity contribution < 1.29 is 0 Å². The zero-order valence-electron chi connectivity index (χ0n) is 11.7. The zero-order chi connectivity index (χ0) is 13.5. The SMILES string of the molecule is CCCCN(Cc1cc(Cl)ccn1)CC1CCCN1. The average molecular weight is 282 g/mol. The lowest BCUT2D eigenvalue weighted by Crippen LogP contribution is -2.37. The second-order valence-corrected chi connectivity index (χ2v) is 5.78. The molecule has 0 amide bonds. The number of nitrogens with zero attached hydrogens (tertiary/aromatic N) is 2. The highest BCUT2D eigenvalue weighted by Crippen LogP contribution is 2.13. The molecule has 3 nitrogen and oxygen atoms in total. The molecule has 0 aromatic carbocycles. The summed E-state index contributed by atoms with van der Waals surface area (Å²) in [6, 6.07) is 4.46. The molecule has 1 aromatic rings. The minimum Gasteiger partial charge on any atom is -0.313 e. The Balaban J connectivity index is 1.92. The van der Waals surface area contributed by atoms with Gasteiger partial charge in [0.25, 0.3) is 0 Å². The molecule has 1 unspecified atom stereocenters. The quantitative estimate of drug-likeness (QED) is 0.832. The van der Waals surface area contributed by atoms with E-state index < -0.39 is 0 Å². The van der Waals surface area contributed by atoms with Gasteiger partial charge in [-0.25, -0.2) is 0 Å². The number of pyridine rings is 1. The van der Waals surface area contributed by atoms with Gasteiger partial charge in [0.05, 0.1) is 5.69 Å². The van der Waals surface area contributed by atoms with E-state index in [1.165, 1.54) is 32.2 Å². The molecule has 0 saturated carbocycles. The third-order valence-corrected chi connectivity index (χ3v) is 3.87. The number of aromatic nitrogens is 1. The Morgan fingerprint density at radius 1 is 1.53 bits per heavy atom. The third kappa shape index (κ3) is 5.09. The number of halogens is 1. The van der Waals surface area contributed by atoms with Gasteiger partial charge >= 0.3 is 0 Å². The second-order valence-electron chi connectivity index (χ2n) is 5.35. The summed E-state index contributed by atoms with van der Waals surface area (Å²) in [4.78, 5) is 6.92. The van der Waals surface area contributed by atoms with Gasteiger partial charge in [-0.05, 0) is 44.5 Å². The predicted octanol–water partition coefficient (Wildman–Crippen LogP) is 3.09. The van der Waals surface area contributed by atoms with E-state index in [0.29, 0.717) is 6.04 Å². The van der Waals surface area contributed by atoms with Crippen molar-refractivity contribution in [3.8, 4) is 0 Å². The molecular weight excluding hydrogens is 258 g/mol. The number of unbranched alkanes of at least 4 members (excludes halogenated alkanes) is 1. The van der Waals surface area contributed by atoms with E-state index in [0.717, 1.165) is 30.4 Å². The van der Waals surface area contributed by atoms with Crippen LogP contribution in [0.3, 0.4) is 0 Å². The van der Waals surface area contributed by atoms with Gasteiger partial charge in [-0.15, -0.1) is 0 Å². The summed E-state index contributed by atoms with van der Waals surface area (Å²) < 4.78 is 0. The molecule has 1 aromatic heterocycles. The van der Waals surface area contributed by atoms with Crippen LogP contribution in [0.25, 0.3) is 0 Å². The van der Waals surface area contributed by atoms with Gasteiger partial charge in [0.15, 0.2) is 0 Å². The molecule has 1 saturated heterocycles. The van der Waals surface area contributed by atoms with Crippen molar-refractivity contribution >= 4 is 11.6 Å². The van der Waals surface area contributed by atoms with E-state index in [1.54, 1.807) is 6.20 Å². The molecule has 1 atom stereocenters. The summed E-state index contributed by atoms with van der Waals surface area (Å²) in [5.74, 6) is 0. The number of nitrogens with one attached hydrogen (secondary N) is 1. The number of hydrogen-bond acceptors (Lipinski definition) is 3. The molecule has 1 N–H and O–H groups in total. The normalized spacial score (nSPS) is 19.2. The average Bonchev–Trinajstić information content (AvgIpc) is 2.89. The molecule has 0 aliphatic carbocycles. The minimum absolute atomic E-state index is 0.649. The lowest BCUT2D eigenvalue weighted by atomic mass is 10.2. The second kappa shape index (κ2) is 7.83. The highest BCUT2D eigenvalue weighted by atomic mass is 35.5. The summed E-state index contributed by atoms with van der Waals surface area (Å²) in [6.07, 6.45) is 6.88. The summed E-state index contributed by atoms with van der Waals surface area (Å²) in [5, 5.41) is 4.35. The van der Waals surface area contributed by atoms with Gasteiger partial charge in [0.1, 0.15) is 0 Å². The van der Waals surface area contributed by atoms with Crippen molar-refractivity contribution in [2.24, 2.45) is 0 Å². The summed E-state index contributed by atoms with van der Waals surface area (Å²) in [6.45, 7) is 6.57. The van der Waals surface area contributed by atoms with Crippen molar-refractivity contribution in [1.82, 2.24) is 15.2 Å². The molecule has 106 valence electrons. The van der Waals surface area contributed by atoms with Gasteiger partial charge in [0, 0.05) is 30.4 Å². The van der Waals surface area contributed by atoms with Crippen molar-refractivity contribution in [2.45, 2.75) is 45.2 Å². The standard InChI is InChI=1S/C15H24ClN3/c1-2-3-9-19(11-14-5-4-7-17-14)12-15-10-13(16)6-8-18-15/h6,8,10,14,17H,2-5,7,9,11-12H2,1H3. The molecule has 4 heteroatoms. The molecule has 0 radical (unpaired) electrons. The third-order valence-electron chi connectivity index (χ3n) is 3.63. The maximum atomic E-state index is 6.03. The molecule has 19 heavy (non-hydrogen) atoms. The Hall–Kier alpha value is -0.640. The molecule has 0 bridgehead atoms. The topological polar surface area (TPSA) is 28.2 Å². The maximum Gasteiger partial charge on any atom is 0.0558 e. The van der Waals surface area contributed by atoms with Gasteiger partial charge in [0.2, 0.25) is 0 Å². The number of hydrogen-bond donors (Lipinski definition) is 1. The fourth-order valence-corrected chi connectivity index (χ4v) is 2.79. The van der Waals surface area contributed by atoms with Crippen LogP contribution in [0.1, 0.15) is 38.3 Å². The molecule has 2 rings (SSSR count). The Labute approximate surface area is 121 Å². The Bertz CT molecular complexity index is 377. The van der Waals surface area contributed by atoms with Crippen LogP contribution >= 0.6 is 11.6 Å². The van der Waals surface area contributed by atoms with E-state index in [-0.39, 0.29) is 0 Å². The molecule has 1 aliphatic rings. The maximum absolute atomic E-state index is 6.03. The molecular formula is C15H24ClN3. The molecule has 2 heterocycles. The smallest absolute Gasteiger partial charge is 0.0558 e. The van der Waals surface area contributed by atoms with Crippen LogP contribution in [0.15, 0.2) is 18.3 Å². The van der Waals surface area contributed by atoms with Gasteiger partial charge in [-0.2, -0.15) is 0 Å². The monoisotopic (exact) mass is 281 g/mol. The predicted molar refractivity (Wildman–Crippen MR) is 80.5 cm³/mol. The lowest BCUT2D eigenvalue weighted by molar-refractivity contribution is 0.235. The van der Waals surface area contributed by atoms with E-state index in [2.05, 4.69) is 22.1 Å². The molecule has 1 aliphatic heterocycles. The van der Waals surface area contributed by atoms with Crippen LogP contribution in [-0.2, 0) is 6.54 Å². The first-order valence-corrected chi connectivity index (χ1v) is 7.72. The van der Waals surface area contributed by atoms with Crippen molar-refractivity contribution in [1.29, 1.82) is 0 Å². The van der Waals surface area contributed by atoms with Crippen LogP contribution in [0.4, 0.5) is 0 Å². The fourth-order valence-electron chi connectivity index (χ4n) is 2.61. The first-order valence-electron chi connectivity index (χ1n) is 7.34. The number of rotatable bonds is 7. The van der Waals surface area contributed by atoms with Crippen LogP contribution in [0.2, 0.25) is 5.02 Å². The summed E-state index contributed by atoms with van der Waals surface area (Å²) in [5.41, 5.74) is 1.07. The first kappa shape index (κ1) is 14.8. The van der Waals surface area contributed by atoms with E-state index >= 15 is 0 Å². The van der Waals surface area contributed by atoms with Crippen LogP contribution in [0.5, 0.6) is 0 Å². The summed E-state index contributed by atoms with van der Waals surface area (Å²) >= 11 is 6.03.